The van der Waals surface area contributed by atoms with E-state index in [0.29, 0.717) is 23.5 Å². The smallest absolute Gasteiger partial charge is 0.251 e. The zero-order valence-electron chi connectivity index (χ0n) is 19.3. The quantitative estimate of drug-likeness (QED) is 0.390. The van der Waals surface area contributed by atoms with E-state index in [9.17, 15) is 4.79 Å². The van der Waals surface area contributed by atoms with Crippen molar-refractivity contribution in [3.8, 4) is 22.8 Å². The topological polar surface area (TPSA) is 77.2 Å². The molecule has 174 valence electrons. The Labute approximate surface area is 203 Å². The van der Waals surface area contributed by atoms with Crippen molar-refractivity contribution in [3.05, 3.63) is 89.0 Å². The summed E-state index contributed by atoms with van der Waals surface area (Å²) in [5.74, 6) is 1.41. The molecule has 0 atom stereocenters. The first-order chi connectivity index (χ1) is 16.5. The van der Waals surface area contributed by atoms with E-state index < -0.39 is 0 Å². The fraction of sp³-hybridized carbons (Fsp3) is 0.200. The second-order valence-electron chi connectivity index (χ2n) is 7.81. The monoisotopic (exact) mass is 474 g/mol. The highest BCUT2D eigenvalue weighted by atomic mass is 32.1. The number of ether oxygens (including phenoxy) is 1. The minimum Gasteiger partial charge on any atom is -0.497 e. The number of carbonyl (C=O) groups is 1. The van der Waals surface area contributed by atoms with E-state index >= 15 is 0 Å². The normalized spacial score (nSPS) is 10.9. The Morgan fingerprint density at radius 2 is 1.74 bits per heavy atom. The summed E-state index contributed by atoms with van der Waals surface area (Å²) in [6, 6.07) is 19.1. The third-order valence-corrected chi connectivity index (χ3v) is 5.77. The molecule has 2 aromatic heterocycles. The first-order valence-electron chi connectivity index (χ1n) is 10.7. The predicted molar refractivity (Wildman–Crippen MR) is 133 cm³/mol. The zero-order valence-corrected chi connectivity index (χ0v) is 20.1. The molecule has 4 aromatic rings. The molecule has 0 radical (unpaired) electrons. The number of nitrogens with one attached hydrogen (secondary N) is 1. The van der Waals surface area contributed by atoms with Crippen LogP contribution in [0, 0.1) is 4.77 Å². The van der Waals surface area contributed by atoms with Crippen LogP contribution >= 0.6 is 12.2 Å². The van der Waals surface area contributed by atoms with Gasteiger partial charge in [-0.25, -0.2) is 4.68 Å². The van der Waals surface area contributed by atoms with Crippen molar-refractivity contribution in [2.45, 2.75) is 13.2 Å². The molecule has 0 unspecified atom stereocenters. The average molecular weight is 475 g/mol. The number of carbonyl (C=O) groups excluding carboxylic acids is 1. The molecule has 0 bridgehead atoms. The molecule has 0 aliphatic rings. The third-order valence-electron chi connectivity index (χ3n) is 5.38. The number of rotatable bonds is 8. The Morgan fingerprint density at radius 1 is 1.06 bits per heavy atom. The van der Waals surface area contributed by atoms with Gasteiger partial charge in [-0.3, -0.25) is 19.2 Å². The van der Waals surface area contributed by atoms with E-state index in [-0.39, 0.29) is 5.91 Å². The Hall–Kier alpha value is -3.82. The maximum absolute atomic E-state index is 11.8. The lowest BCUT2D eigenvalue weighted by Gasteiger charge is -2.16. The molecule has 1 amide bonds. The molecular weight excluding hydrogens is 448 g/mol. The van der Waals surface area contributed by atoms with Gasteiger partial charge in [-0.2, -0.15) is 0 Å². The third kappa shape index (κ3) is 5.05. The van der Waals surface area contributed by atoms with E-state index in [4.69, 9.17) is 22.1 Å². The van der Waals surface area contributed by atoms with Crippen molar-refractivity contribution in [2.75, 3.05) is 21.2 Å². The van der Waals surface area contributed by atoms with Crippen LogP contribution in [0.2, 0.25) is 0 Å². The largest absolute Gasteiger partial charge is 0.497 e. The van der Waals surface area contributed by atoms with Crippen LogP contribution in [0.5, 0.6) is 5.75 Å². The fourth-order valence-electron chi connectivity index (χ4n) is 3.65. The van der Waals surface area contributed by atoms with Gasteiger partial charge in [0.05, 0.1) is 19.5 Å². The Kier molecular flexibility index (Phi) is 7.15. The van der Waals surface area contributed by atoms with Crippen LogP contribution in [0.15, 0.2) is 73.1 Å². The highest BCUT2D eigenvalue weighted by Gasteiger charge is 2.16. The fourth-order valence-corrected chi connectivity index (χ4v) is 3.94. The van der Waals surface area contributed by atoms with Crippen molar-refractivity contribution in [2.24, 2.45) is 0 Å². The summed E-state index contributed by atoms with van der Waals surface area (Å²) in [6.45, 7) is 1.17. The van der Waals surface area contributed by atoms with Gasteiger partial charge in [-0.15, -0.1) is 5.10 Å². The van der Waals surface area contributed by atoms with Gasteiger partial charge in [0.15, 0.2) is 5.82 Å². The molecule has 0 saturated carbocycles. The number of aromatic nitrogens is 4. The van der Waals surface area contributed by atoms with Gasteiger partial charge in [0.1, 0.15) is 5.75 Å². The van der Waals surface area contributed by atoms with E-state index in [0.717, 1.165) is 28.4 Å². The summed E-state index contributed by atoms with van der Waals surface area (Å²) >= 11 is 5.84. The van der Waals surface area contributed by atoms with Crippen LogP contribution in [0.25, 0.3) is 17.1 Å². The number of hydrogen-bond acceptors (Lipinski definition) is 6. The van der Waals surface area contributed by atoms with Crippen LogP contribution in [0.1, 0.15) is 15.9 Å². The van der Waals surface area contributed by atoms with E-state index in [2.05, 4.69) is 15.2 Å². The number of methoxy groups -OCH3 is 1. The summed E-state index contributed by atoms with van der Waals surface area (Å²) < 4.78 is 9.65. The summed E-state index contributed by atoms with van der Waals surface area (Å²) in [6.07, 6.45) is 3.48. The van der Waals surface area contributed by atoms with Crippen molar-refractivity contribution in [3.63, 3.8) is 0 Å². The van der Waals surface area contributed by atoms with Gasteiger partial charge >= 0.3 is 0 Å². The predicted octanol–water partition coefficient (Wildman–Crippen LogP) is 3.92. The zero-order chi connectivity index (χ0) is 24.1. The summed E-state index contributed by atoms with van der Waals surface area (Å²) in [7, 11) is 5.27. The number of pyridine rings is 1. The lowest BCUT2D eigenvalue weighted by atomic mass is 10.1. The maximum atomic E-state index is 11.8. The van der Waals surface area contributed by atoms with Gasteiger partial charge in [0, 0.05) is 37.1 Å². The van der Waals surface area contributed by atoms with E-state index in [1.807, 2.05) is 77.0 Å². The number of nitrogens with zero attached hydrogens (tertiary/aromatic N) is 5. The first kappa shape index (κ1) is 23.3. The molecule has 0 aliphatic heterocycles. The van der Waals surface area contributed by atoms with Gasteiger partial charge in [0.25, 0.3) is 5.91 Å². The summed E-state index contributed by atoms with van der Waals surface area (Å²) in [5.41, 5.74) is 3.54. The van der Waals surface area contributed by atoms with Crippen molar-refractivity contribution < 1.29 is 9.53 Å². The molecular formula is C25H26N6O2S. The molecule has 0 saturated heterocycles. The van der Waals surface area contributed by atoms with Crippen LogP contribution in [-0.4, -0.2) is 51.3 Å². The summed E-state index contributed by atoms with van der Waals surface area (Å²) in [5, 5.41) is 7.49. The number of hydrogen-bond donors (Lipinski definition) is 1. The molecule has 0 fully saturated rings. The maximum Gasteiger partial charge on any atom is 0.251 e. The first-order valence-corrected chi connectivity index (χ1v) is 11.1. The lowest BCUT2D eigenvalue weighted by molar-refractivity contribution is 0.0963. The van der Waals surface area contributed by atoms with E-state index in [1.165, 1.54) is 0 Å². The molecule has 0 aliphatic carbocycles. The number of benzene rings is 2. The molecule has 2 aromatic carbocycles. The van der Waals surface area contributed by atoms with Crippen molar-refractivity contribution >= 4 is 18.1 Å². The second-order valence-corrected chi connectivity index (χ2v) is 8.17. The van der Waals surface area contributed by atoms with Crippen LogP contribution in [-0.2, 0) is 13.2 Å². The van der Waals surface area contributed by atoms with Gasteiger partial charge < -0.3 is 10.1 Å². The van der Waals surface area contributed by atoms with Gasteiger partial charge in [-0.1, -0.05) is 12.1 Å². The average Bonchev–Trinajstić information content (AvgIpc) is 3.20. The molecule has 34 heavy (non-hydrogen) atoms. The Bertz CT molecular complexity index is 1310. The molecule has 8 nitrogen and oxygen atoms in total. The standard InChI is InChI=1S/C25H26N6O2S/c1-26-24(32)20-6-4-18(5-7-20)16-29(2)17-30-25(34)31(21-8-10-22(33-3)11-9-21)23(28-30)19-12-14-27-15-13-19/h4-15H,16-17H2,1-3H3,(H,26,32). The van der Waals surface area contributed by atoms with Crippen LogP contribution in [0.3, 0.4) is 0 Å². The van der Waals surface area contributed by atoms with Gasteiger partial charge in [0.2, 0.25) is 4.77 Å². The minimum absolute atomic E-state index is 0.0982. The van der Waals surface area contributed by atoms with E-state index in [1.54, 1.807) is 26.6 Å². The van der Waals surface area contributed by atoms with Gasteiger partial charge in [-0.05, 0) is 73.4 Å². The molecule has 9 heteroatoms. The highest BCUT2D eigenvalue weighted by molar-refractivity contribution is 7.71. The lowest BCUT2D eigenvalue weighted by Crippen LogP contribution is -2.23. The van der Waals surface area contributed by atoms with Crippen LogP contribution < -0.4 is 10.1 Å². The Balaban J connectivity index is 1.62. The SMILES string of the molecule is CNC(=O)c1ccc(CN(C)Cn2nc(-c3ccncc3)n(-c3ccc(OC)cc3)c2=S)cc1. The second kappa shape index (κ2) is 10.4. The molecule has 0 spiro atoms. The highest BCUT2D eigenvalue weighted by Crippen LogP contribution is 2.24. The molecule has 4 rings (SSSR count). The molecule has 1 N–H and O–H groups in total. The summed E-state index contributed by atoms with van der Waals surface area (Å²) in [4.78, 5) is 18.0. The minimum atomic E-state index is -0.0982. The van der Waals surface area contributed by atoms with Crippen LogP contribution in [0.4, 0.5) is 0 Å². The van der Waals surface area contributed by atoms with Crippen molar-refractivity contribution in [1.82, 2.24) is 29.5 Å². The Morgan fingerprint density at radius 3 is 2.35 bits per heavy atom. The number of amides is 1. The molecule has 2 heterocycles. The van der Waals surface area contributed by atoms with Crippen molar-refractivity contribution in [1.29, 1.82) is 0 Å².